The van der Waals surface area contributed by atoms with Crippen molar-refractivity contribution in [1.29, 1.82) is 0 Å². The monoisotopic (exact) mass is 275 g/mol. The molecule has 0 aromatic heterocycles. The first-order valence-corrected chi connectivity index (χ1v) is 6.19. The van der Waals surface area contributed by atoms with Crippen LogP contribution in [0.5, 0.6) is 0 Å². The summed E-state index contributed by atoms with van der Waals surface area (Å²) in [6.07, 6.45) is 5.57. The van der Waals surface area contributed by atoms with Gasteiger partial charge in [-0.1, -0.05) is 25.3 Å². The number of nitrogens with zero attached hydrogens (tertiary/aromatic N) is 1. The molecule has 18 heavy (non-hydrogen) atoms. The van der Waals surface area contributed by atoms with Gasteiger partial charge in [-0.3, -0.25) is 4.90 Å². The van der Waals surface area contributed by atoms with Crippen LogP contribution in [0.25, 0.3) is 0 Å². The molecular formula is C14H20ClF2N. The molecule has 0 saturated heterocycles. The van der Waals surface area contributed by atoms with Crippen LogP contribution in [-0.4, -0.2) is 19.0 Å². The highest BCUT2D eigenvalue weighted by Crippen LogP contribution is 2.41. The van der Waals surface area contributed by atoms with Crippen LogP contribution in [0.1, 0.15) is 37.7 Å². The number of halogens is 3. The molecule has 0 bridgehead atoms. The fourth-order valence-corrected chi connectivity index (χ4v) is 2.92. The molecule has 1 nitrogen and oxygen atoms in total. The molecular weight excluding hydrogens is 256 g/mol. The third-order valence-electron chi connectivity index (χ3n) is 3.99. The minimum absolute atomic E-state index is 0. The molecule has 0 aliphatic heterocycles. The molecule has 1 aliphatic rings. The predicted octanol–water partition coefficient (Wildman–Crippen LogP) is 4.11. The molecule has 1 aromatic carbocycles. The van der Waals surface area contributed by atoms with Gasteiger partial charge in [0.2, 0.25) is 0 Å². The molecule has 2 rings (SSSR count). The van der Waals surface area contributed by atoms with Gasteiger partial charge in [-0.25, -0.2) is 8.78 Å². The highest BCUT2D eigenvalue weighted by molar-refractivity contribution is 5.85. The summed E-state index contributed by atoms with van der Waals surface area (Å²) in [5, 5.41) is 0. The fourth-order valence-electron chi connectivity index (χ4n) is 2.92. The maximum atomic E-state index is 13.4. The molecule has 4 heteroatoms. The molecule has 1 fully saturated rings. The lowest BCUT2D eigenvalue weighted by Crippen LogP contribution is -2.43. The fraction of sp³-hybridized carbons (Fsp3) is 0.571. The maximum Gasteiger partial charge on any atom is 0.159 e. The van der Waals surface area contributed by atoms with E-state index in [1.165, 1.54) is 18.6 Å². The Morgan fingerprint density at radius 1 is 1.00 bits per heavy atom. The zero-order valence-corrected chi connectivity index (χ0v) is 11.7. The molecule has 0 atom stereocenters. The molecule has 102 valence electrons. The van der Waals surface area contributed by atoms with Crippen LogP contribution in [0.2, 0.25) is 0 Å². The summed E-state index contributed by atoms with van der Waals surface area (Å²) in [7, 11) is 4.04. The van der Waals surface area contributed by atoms with Crippen LogP contribution in [0.4, 0.5) is 8.78 Å². The lowest BCUT2D eigenvalue weighted by molar-refractivity contribution is 0.0983. The van der Waals surface area contributed by atoms with Gasteiger partial charge in [-0.15, -0.1) is 12.4 Å². The molecule has 0 heterocycles. The SMILES string of the molecule is CN(C)C1(c2ccc(F)c(F)c2)CCCCC1.Cl. The first-order valence-electron chi connectivity index (χ1n) is 6.19. The Hall–Kier alpha value is -0.670. The third-order valence-corrected chi connectivity index (χ3v) is 3.99. The van der Waals surface area contributed by atoms with Gasteiger partial charge in [0.15, 0.2) is 11.6 Å². The molecule has 0 unspecified atom stereocenters. The number of benzene rings is 1. The van der Waals surface area contributed by atoms with Gasteiger partial charge in [0.25, 0.3) is 0 Å². The van der Waals surface area contributed by atoms with Gasteiger partial charge in [-0.2, -0.15) is 0 Å². The summed E-state index contributed by atoms with van der Waals surface area (Å²) in [5.74, 6) is -1.51. The van der Waals surface area contributed by atoms with E-state index in [-0.39, 0.29) is 17.9 Å². The summed E-state index contributed by atoms with van der Waals surface area (Å²) in [6.45, 7) is 0. The first-order chi connectivity index (χ1) is 8.06. The normalized spacial score (nSPS) is 18.5. The van der Waals surface area contributed by atoms with Crippen LogP contribution < -0.4 is 0 Å². The number of hydrogen-bond donors (Lipinski definition) is 0. The zero-order valence-electron chi connectivity index (χ0n) is 10.9. The van der Waals surface area contributed by atoms with Gasteiger partial charge in [-0.05, 0) is 44.6 Å². The smallest absolute Gasteiger partial charge is 0.159 e. The second-order valence-electron chi connectivity index (χ2n) is 5.12. The Bertz CT molecular complexity index is 401. The molecule has 1 saturated carbocycles. The Labute approximate surface area is 114 Å². The lowest BCUT2D eigenvalue weighted by Gasteiger charge is -2.43. The van der Waals surface area contributed by atoms with Crippen molar-refractivity contribution in [3.8, 4) is 0 Å². The third kappa shape index (κ3) is 2.67. The van der Waals surface area contributed by atoms with E-state index >= 15 is 0 Å². The van der Waals surface area contributed by atoms with E-state index in [4.69, 9.17) is 0 Å². The van der Waals surface area contributed by atoms with Crippen LogP contribution in [0.3, 0.4) is 0 Å². The van der Waals surface area contributed by atoms with Crippen molar-refractivity contribution in [2.45, 2.75) is 37.6 Å². The van der Waals surface area contributed by atoms with Crippen LogP contribution >= 0.6 is 12.4 Å². The molecule has 1 aromatic rings. The van der Waals surface area contributed by atoms with E-state index in [0.29, 0.717) is 0 Å². The van der Waals surface area contributed by atoms with Crippen molar-refractivity contribution in [3.05, 3.63) is 35.4 Å². The van der Waals surface area contributed by atoms with Crippen LogP contribution in [-0.2, 0) is 5.54 Å². The quantitative estimate of drug-likeness (QED) is 0.785. The average Bonchev–Trinajstić information content (AvgIpc) is 2.33. The summed E-state index contributed by atoms with van der Waals surface area (Å²) >= 11 is 0. The zero-order chi connectivity index (χ0) is 12.5. The average molecular weight is 276 g/mol. The number of rotatable bonds is 2. The van der Waals surface area contributed by atoms with Crippen LogP contribution in [0, 0.1) is 11.6 Å². The Morgan fingerprint density at radius 3 is 2.11 bits per heavy atom. The molecule has 0 spiro atoms. The second kappa shape index (κ2) is 5.98. The van der Waals surface area contributed by atoms with E-state index in [2.05, 4.69) is 4.90 Å². The van der Waals surface area contributed by atoms with E-state index in [1.807, 2.05) is 14.1 Å². The highest BCUT2D eigenvalue weighted by atomic mass is 35.5. The van der Waals surface area contributed by atoms with Gasteiger partial charge in [0.05, 0.1) is 0 Å². The van der Waals surface area contributed by atoms with E-state index in [9.17, 15) is 8.78 Å². The van der Waals surface area contributed by atoms with Gasteiger partial charge >= 0.3 is 0 Å². The molecule has 0 N–H and O–H groups in total. The Morgan fingerprint density at radius 2 is 1.61 bits per heavy atom. The van der Waals surface area contributed by atoms with Crippen molar-refractivity contribution < 1.29 is 8.78 Å². The maximum absolute atomic E-state index is 13.4. The van der Waals surface area contributed by atoms with E-state index < -0.39 is 11.6 Å². The van der Waals surface area contributed by atoms with Gasteiger partial charge in [0, 0.05) is 5.54 Å². The summed E-state index contributed by atoms with van der Waals surface area (Å²) in [5.41, 5.74) is 0.786. The second-order valence-corrected chi connectivity index (χ2v) is 5.12. The number of hydrogen-bond acceptors (Lipinski definition) is 1. The van der Waals surface area contributed by atoms with Gasteiger partial charge < -0.3 is 0 Å². The minimum atomic E-state index is -0.765. The lowest BCUT2D eigenvalue weighted by atomic mass is 9.75. The summed E-state index contributed by atoms with van der Waals surface area (Å²) in [6, 6.07) is 4.33. The van der Waals surface area contributed by atoms with Crippen molar-refractivity contribution >= 4 is 12.4 Å². The summed E-state index contributed by atoms with van der Waals surface area (Å²) < 4.78 is 26.4. The largest absolute Gasteiger partial charge is 0.300 e. The molecule has 0 radical (unpaired) electrons. The van der Waals surface area contributed by atoms with Crippen LogP contribution in [0.15, 0.2) is 18.2 Å². The predicted molar refractivity (Wildman–Crippen MR) is 72.1 cm³/mol. The van der Waals surface area contributed by atoms with Crippen molar-refractivity contribution in [1.82, 2.24) is 4.90 Å². The standard InChI is InChI=1S/C14H19F2N.ClH/c1-17(2)14(8-4-3-5-9-14)11-6-7-12(15)13(16)10-11;/h6-7,10H,3-5,8-9H2,1-2H3;1H. The van der Waals surface area contributed by atoms with E-state index in [0.717, 1.165) is 31.2 Å². The Balaban J connectivity index is 0.00000162. The Kier molecular flexibility index (Phi) is 5.11. The molecule has 1 aliphatic carbocycles. The first kappa shape index (κ1) is 15.4. The van der Waals surface area contributed by atoms with Crippen molar-refractivity contribution in [3.63, 3.8) is 0 Å². The molecule has 0 amide bonds. The van der Waals surface area contributed by atoms with Gasteiger partial charge in [0.1, 0.15) is 0 Å². The minimum Gasteiger partial charge on any atom is -0.300 e. The topological polar surface area (TPSA) is 3.24 Å². The highest BCUT2D eigenvalue weighted by Gasteiger charge is 2.36. The summed E-state index contributed by atoms with van der Waals surface area (Å²) in [4.78, 5) is 2.15. The van der Waals surface area contributed by atoms with Crippen molar-refractivity contribution in [2.24, 2.45) is 0 Å². The van der Waals surface area contributed by atoms with Crippen molar-refractivity contribution in [2.75, 3.05) is 14.1 Å². The van der Waals surface area contributed by atoms with E-state index in [1.54, 1.807) is 6.07 Å².